The number of aryl methyl sites for hydroxylation is 1. The highest BCUT2D eigenvalue weighted by Crippen LogP contribution is 2.32. The first-order chi connectivity index (χ1) is 9.13. The van der Waals surface area contributed by atoms with Crippen LogP contribution < -0.4 is 4.90 Å². The summed E-state index contributed by atoms with van der Waals surface area (Å²) < 4.78 is 1.12. The SMILES string of the molecule is CN(Cc1cc(Br)cs1)c1nc2c(s1)C(=O)CCC2. The normalized spacial score (nSPS) is 14.5. The molecule has 0 unspecified atom stereocenters. The van der Waals surface area contributed by atoms with Crippen LogP contribution in [0.5, 0.6) is 0 Å². The third-order valence-corrected chi connectivity index (χ3v) is 6.03. The largest absolute Gasteiger partial charge is 0.346 e. The van der Waals surface area contributed by atoms with Crippen molar-refractivity contribution in [3.8, 4) is 0 Å². The van der Waals surface area contributed by atoms with E-state index in [2.05, 4.69) is 37.3 Å². The van der Waals surface area contributed by atoms with Crippen molar-refractivity contribution in [1.29, 1.82) is 0 Å². The van der Waals surface area contributed by atoms with Crippen LogP contribution >= 0.6 is 38.6 Å². The molecule has 2 heterocycles. The van der Waals surface area contributed by atoms with Crippen LogP contribution in [0.2, 0.25) is 0 Å². The smallest absolute Gasteiger partial charge is 0.186 e. The molecule has 2 aromatic rings. The van der Waals surface area contributed by atoms with Crippen molar-refractivity contribution in [2.24, 2.45) is 0 Å². The summed E-state index contributed by atoms with van der Waals surface area (Å²) in [6.07, 6.45) is 2.56. The van der Waals surface area contributed by atoms with Gasteiger partial charge in [-0.3, -0.25) is 4.79 Å². The Morgan fingerprint density at radius 3 is 3.00 bits per heavy atom. The molecule has 2 aromatic heterocycles. The molecular weight excluding hydrogens is 344 g/mol. The monoisotopic (exact) mass is 356 g/mol. The van der Waals surface area contributed by atoms with Crippen molar-refractivity contribution in [3.63, 3.8) is 0 Å². The predicted molar refractivity (Wildman–Crippen MR) is 83.5 cm³/mol. The van der Waals surface area contributed by atoms with E-state index in [4.69, 9.17) is 0 Å². The molecule has 100 valence electrons. The quantitative estimate of drug-likeness (QED) is 0.828. The van der Waals surface area contributed by atoms with E-state index < -0.39 is 0 Å². The summed E-state index contributed by atoms with van der Waals surface area (Å²) in [6.45, 7) is 0.830. The van der Waals surface area contributed by atoms with Crippen molar-refractivity contribution in [2.75, 3.05) is 11.9 Å². The first kappa shape index (κ1) is 13.3. The molecule has 0 atom stereocenters. The summed E-state index contributed by atoms with van der Waals surface area (Å²) >= 11 is 6.73. The Hall–Kier alpha value is -0.720. The van der Waals surface area contributed by atoms with Crippen molar-refractivity contribution >= 4 is 49.5 Å². The summed E-state index contributed by atoms with van der Waals surface area (Å²) in [7, 11) is 2.03. The van der Waals surface area contributed by atoms with E-state index in [0.717, 1.165) is 39.6 Å². The zero-order valence-corrected chi connectivity index (χ0v) is 13.7. The summed E-state index contributed by atoms with van der Waals surface area (Å²) in [5, 5.41) is 3.03. The Kier molecular flexibility index (Phi) is 3.73. The summed E-state index contributed by atoms with van der Waals surface area (Å²) in [5.41, 5.74) is 0.996. The van der Waals surface area contributed by atoms with E-state index in [-0.39, 0.29) is 5.78 Å². The lowest BCUT2D eigenvalue weighted by Gasteiger charge is -2.13. The van der Waals surface area contributed by atoms with E-state index in [1.807, 2.05) is 7.05 Å². The molecule has 0 radical (unpaired) electrons. The molecule has 0 amide bonds. The minimum absolute atomic E-state index is 0.261. The van der Waals surface area contributed by atoms with Crippen molar-refractivity contribution in [1.82, 2.24) is 4.98 Å². The van der Waals surface area contributed by atoms with Gasteiger partial charge in [-0.15, -0.1) is 11.3 Å². The minimum Gasteiger partial charge on any atom is -0.346 e. The molecule has 1 aliphatic rings. The van der Waals surface area contributed by atoms with Gasteiger partial charge >= 0.3 is 0 Å². The maximum atomic E-state index is 11.8. The Morgan fingerprint density at radius 2 is 2.32 bits per heavy atom. The molecular formula is C13H13BrN2OS2. The number of fused-ring (bicyclic) bond motifs is 1. The number of ketones is 1. The molecule has 3 rings (SSSR count). The van der Waals surface area contributed by atoms with Crippen LogP contribution in [0.3, 0.4) is 0 Å². The average molecular weight is 357 g/mol. The molecule has 0 spiro atoms. The van der Waals surface area contributed by atoms with Crippen LogP contribution in [0.15, 0.2) is 15.9 Å². The number of carbonyl (C=O) groups is 1. The lowest BCUT2D eigenvalue weighted by Crippen LogP contribution is -2.15. The van der Waals surface area contributed by atoms with Gasteiger partial charge in [0.15, 0.2) is 10.9 Å². The van der Waals surface area contributed by atoms with Gasteiger partial charge in [0.1, 0.15) is 0 Å². The number of anilines is 1. The Balaban J connectivity index is 1.80. The number of nitrogens with zero attached hydrogens (tertiary/aromatic N) is 2. The second-order valence-corrected chi connectivity index (χ2v) is 7.53. The lowest BCUT2D eigenvalue weighted by molar-refractivity contribution is 0.0976. The number of carbonyl (C=O) groups excluding carboxylic acids is 1. The number of halogens is 1. The average Bonchev–Trinajstić information content (AvgIpc) is 2.96. The Morgan fingerprint density at radius 1 is 1.47 bits per heavy atom. The fourth-order valence-electron chi connectivity index (χ4n) is 2.16. The topological polar surface area (TPSA) is 33.2 Å². The van der Waals surface area contributed by atoms with Crippen LogP contribution in [0.25, 0.3) is 0 Å². The molecule has 0 saturated heterocycles. The molecule has 1 aliphatic carbocycles. The van der Waals surface area contributed by atoms with Gasteiger partial charge in [0, 0.05) is 28.2 Å². The lowest BCUT2D eigenvalue weighted by atomic mass is 10.0. The van der Waals surface area contributed by atoms with Crippen LogP contribution in [0.1, 0.15) is 33.1 Å². The molecule has 0 N–H and O–H groups in total. The fourth-order valence-corrected chi connectivity index (χ4v) is 4.70. The fraction of sp³-hybridized carbons (Fsp3) is 0.385. The molecule has 3 nitrogen and oxygen atoms in total. The van der Waals surface area contributed by atoms with Gasteiger partial charge in [0.2, 0.25) is 0 Å². The maximum Gasteiger partial charge on any atom is 0.186 e. The van der Waals surface area contributed by atoms with E-state index in [0.29, 0.717) is 6.42 Å². The zero-order chi connectivity index (χ0) is 13.4. The number of rotatable bonds is 3. The molecule has 6 heteroatoms. The highest BCUT2D eigenvalue weighted by molar-refractivity contribution is 9.10. The minimum atomic E-state index is 0.261. The van der Waals surface area contributed by atoms with Crippen LogP contribution in [-0.2, 0) is 13.0 Å². The van der Waals surface area contributed by atoms with Crippen LogP contribution in [0, 0.1) is 0 Å². The van der Waals surface area contributed by atoms with E-state index in [9.17, 15) is 4.79 Å². The second kappa shape index (κ2) is 5.34. The third-order valence-electron chi connectivity index (χ3n) is 3.10. The van der Waals surface area contributed by atoms with E-state index in [1.165, 1.54) is 16.2 Å². The number of aromatic nitrogens is 1. The first-order valence-corrected chi connectivity index (χ1v) is 8.59. The Bertz CT molecular complexity index is 620. The van der Waals surface area contributed by atoms with Crippen molar-refractivity contribution < 1.29 is 4.79 Å². The highest BCUT2D eigenvalue weighted by Gasteiger charge is 2.23. The van der Waals surface area contributed by atoms with Gasteiger partial charge in [-0.05, 0) is 34.8 Å². The third kappa shape index (κ3) is 2.75. The van der Waals surface area contributed by atoms with Crippen molar-refractivity contribution in [3.05, 3.63) is 31.4 Å². The molecule has 0 bridgehead atoms. The van der Waals surface area contributed by atoms with Crippen molar-refractivity contribution in [2.45, 2.75) is 25.8 Å². The van der Waals surface area contributed by atoms with Crippen LogP contribution in [0.4, 0.5) is 5.13 Å². The molecule has 0 saturated carbocycles. The second-order valence-electron chi connectivity index (χ2n) is 4.64. The van der Waals surface area contributed by atoms with Gasteiger partial charge in [0.05, 0.1) is 17.1 Å². The summed E-state index contributed by atoms with van der Waals surface area (Å²) in [6, 6.07) is 2.12. The molecule has 0 fully saturated rings. The van der Waals surface area contributed by atoms with Gasteiger partial charge in [0.25, 0.3) is 0 Å². The number of Topliss-reactive ketones (excluding diaryl/α,β-unsaturated/α-hetero) is 1. The molecule has 0 aromatic carbocycles. The maximum absolute atomic E-state index is 11.8. The predicted octanol–water partition coefficient (Wildman–Crippen LogP) is 4.12. The highest BCUT2D eigenvalue weighted by atomic mass is 79.9. The van der Waals surface area contributed by atoms with E-state index >= 15 is 0 Å². The number of hydrogen-bond donors (Lipinski definition) is 0. The van der Waals surface area contributed by atoms with Gasteiger partial charge < -0.3 is 4.90 Å². The summed E-state index contributed by atoms with van der Waals surface area (Å²) in [5.74, 6) is 0.261. The van der Waals surface area contributed by atoms with Crippen LogP contribution in [-0.4, -0.2) is 17.8 Å². The number of thiazole rings is 1. The number of hydrogen-bond acceptors (Lipinski definition) is 5. The van der Waals surface area contributed by atoms with Gasteiger partial charge in [-0.25, -0.2) is 4.98 Å². The molecule has 0 aliphatic heterocycles. The first-order valence-electron chi connectivity index (χ1n) is 6.10. The van der Waals surface area contributed by atoms with E-state index in [1.54, 1.807) is 11.3 Å². The summed E-state index contributed by atoms with van der Waals surface area (Å²) in [4.78, 5) is 20.7. The number of thiophene rings is 1. The Labute approximate surface area is 128 Å². The molecule has 19 heavy (non-hydrogen) atoms. The zero-order valence-electron chi connectivity index (χ0n) is 10.5. The van der Waals surface area contributed by atoms with Gasteiger partial charge in [-0.1, -0.05) is 11.3 Å². The van der Waals surface area contributed by atoms with Gasteiger partial charge in [-0.2, -0.15) is 0 Å². The standard InChI is InChI=1S/C13H13BrN2OS2/c1-16(6-9-5-8(14)7-18-9)13-15-10-3-2-4-11(17)12(10)19-13/h5,7H,2-4,6H2,1H3.